The third kappa shape index (κ3) is 3.39. The number of carboxylic acid groups (broad SMARTS) is 1. The predicted octanol–water partition coefficient (Wildman–Crippen LogP) is 3.86. The van der Waals surface area contributed by atoms with Gasteiger partial charge in [-0.3, -0.25) is 0 Å². The highest BCUT2D eigenvalue weighted by Gasteiger charge is 2.07. The van der Waals surface area contributed by atoms with Crippen molar-refractivity contribution in [1.82, 2.24) is 0 Å². The van der Waals surface area contributed by atoms with Crippen LogP contribution in [0.15, 0.2) is 54.6 Å². The van der Waals surface area contributed by atoms with E-state index in [0.717, 1.165) is 16.9 Å². The van der Waals surface area contributed by atoms with E-state index in [1.54, 1.807) is 43.5 Å². The number of hydrogen-bond donors (Lipinski definition) is 1. The van der Waals surface area contributed by atoms with Crippen LogP contribution in [0.4, 0.5) is 0 Å². The molecule has 102 valence electrons. The maximum atomic E-state index is 11.0. The third-order valence-electron chi connectivity index (χ3n) is 2.82. The molecular weight excluding hydrogens is 276 g/mol. The monoisotopic (exact) mass is 288 g/mol. The lowest BCUT2D eigenvalue weighted by molar-refractivity contribution is -0.131. The number of carboxylic acids is 1. The molecule has 0 heterocycles. The molecule has 0 saturated carbocycles. The minimum atomic E-state index is -0.995. The molecule has 3 nitrogen and oxygen atoms in total. The molecular formula is C16H13ClO3. The molecule has 0 aromatic heterocycles. The predicted molar refractivity (Wildman–Crippen MR) is 79.2 cm³/mol. The fraction of sp³-hybridized carbons (Fsp3) is 0.0625. The van der Waals surface area contributed by atoms with Crippen LogP contribution in [0.25, 0.3) is 5.57 Å². The normalized spacial score (nSPS) is 11.2. The molecule has 1 N–H and O–H groups in total. The Morgan fingerprint density at radius 3 is 2.00 bits per heavy atom. The molecule has 0 unspecified atom stereocenters. The lowest BCUT2D eigenvalue weighted by Crippen LogP contribution is -1.95. The van der Waals surface area contributed by atoms with E-state index in [2.05, 4.69) is 0 Å². The summed E-state index contributed by atoms with van der Waals surface area (Å²) in [6, 6.07) is 14.3. The fourth-order valence-electron chi connectivity index (χ4n) is 1.86. The Morgan fingerprint density at radius 1 is 1.05 bits per heavy atom. The Labute approximate surface area is 122 Å². The van der Waals surface area contributed by atoms with E-state index in [-0.39, 0.29) is 0 Å². The van der Waals surface area contributed by atoms with Gasteiger partial charge in [-0.05, 0) is 41.0 Å². The number of hydrogen-bond acceptors (Lipinski definition) is 2. The van der Waals surface area contributed by atoms with Gasteiger partial charge in [-0.15, -0.1) is 0 Å². The van der Waals surface area contributed by atoms with Gasteiger partial charge in [0.15, 0.2) is 0 Å². The number of rotatable bonds is 4. The number of halogens is 1. The molecule has 0 spiro atoms. The van der Waals surface area contributed by atoms with Crippen LogP contribution in [0.2, 0.25) is 5.02 Å². The van der Waals surface area contributed by atoms with Crippen LogP contribution in [0.5, 0.6) is 5.75 Å². The van der Waals surface area contributed by atoms with E-state index in [9.17, 15) is 4.79 Å². The number of aliphatic carboxylic acids is 1. The van der Waals surface area contributed by atoms with Crippen molar-refractivity contribution < 1.29 is 14.6 Å². The number of carbonyl (C=O) groups is 1. The molecule has 0 radical (unpaired) electrons. The topological polar surface area (TPSA) is 46.5 Å². The smallest absolute Gasteiger partial charge is 0.328 e. The Hall–Kier alpha value is -2.26. The van der Waals surface area contributed by atoms with Crippen LogP contribution >= 0.6 is 11.6 Å². The molecule has 2 aromatic carbocycles. The summed E-state index contributed by atoms with van der Waals surface area (Å²) in [7, 11) is 1.59. The van der Waals surface area contributed by atoms with E-state index >= 15 is 0 Å². The van der Waals surface area contributed by atoms with Gasteiger partial charge in [-0.2, -0.15) is 0 Å². The summed E-state index contributed by atoms with van der Waals surface area (Å²) in [4.78, 5) is 11.0. The van der Waals surface area contributed by atoms with Gasteiger partial charge in [0.2, 0.25) is 0 Å². The second-order valence-corrected chi connectivity index (χ2v) is 4.57. The van der Waals surface area contributed by atoms with Gasteiger partial charge in [0.1, 0.15) is 5.75 Å². The number of methoxy groups -OCH3 is 1. The van der Waals surface area contributed by atoms with Crippen molar-refractivity contribution in [2.24, 2.45) is 0 Å². The second kappa shape index (κ2) is 6.26. The SMILES string of the molecule is COc1ccc(/C(=C\C(=O)O)c2ccc(Cl)cc2)cc1. The van der Waals surface area contributed by atoms with Crippen LogP contribution in [-0.4, -0.2) is 18.2 Å². The third-order valence-corrected chi connectivity index (χ3v) is 3.08. The molecule has 2 aromatic rings. The summed E-state index contributed by atoms with van der Waals surface area (Å²) in [5.41, 5.74) is 2.22. The number of benzene rings is 2. The zero-order chi connectivity index (χ0) is 14.5. The Kier molecular flexibility index (Phi) is 4.43. The lowest BCUT2D eigenvalue weighted by atomic mass is 9.97. The zero-order valence-electron chi connectivity index (χ0n) is 10.8. The first-order valence-electron chi connectivity index (χ1n) is 5.95. The first-order valence-corrected chi connectivity index (χ1v) is 6.33. The molecule has 0 fully saturated rings. The fourth-order valence-corrected chi connectivity index (χ4v) is 1.98. The molecule has 0 amide bonds. The van der Waals surface area contributed by atoms with Crippen molar-refractivity contribution >= 4 is 23.1 Å². The second-order valence-electron chi connectivity index (χ2n) is 4.13. The maximum absolute atomic E-state index is 11.0. The lowest BCUT2D eigenvalue weighted by Gasteiger charge is -2.09. The van der Waals surface area contributed by atoms with E-state index in [0.29, 0.717) is 10.6 Å². The Morgan fingerprint density at radius 2 is 1.55 bits per heavy atom. The minimum Gasteiger partial charge on any atom is -0.497 e. The number of ether oxygens (including phenoxy) is 1. The van der Waals surface area contributed by atoms with Crippen LogP contribution in [0.3, 0.4) is 0 Å². The summed E-state index contributed by atoms with van der Waals surface area (Å²) in [5, 5.41) is 9.64. The van der Waals surface area contributed by atoms with Crippen molar-refractivity contribution in [3.05, 3.63) is 70.8 Å². The summed E-state index contributed by atoms with van der Waals surface area (Å²) in [6.45, 7) is 0. The van der Waals surface area contributed by atoms with Crippen LogP contribution < -0.4 is 4.74 Å². The van der Waals surface area contributed by atoms with Gasteiger partial charge >= 0.3 is 5.97 Å². The standard InChI is InChI=1S/C16H13ClO3/c1-20-14-8-4-12(5-9-14)15(10-16(18)19)11-2-6-13(17)7-3-11/h2-10H,1H3,(H,18,19)/b15-10-. The summed E-state index contributed by atoms with van der Waals surface area (Å²) in [6.07, 6.45) is 1.19. The highest BCUT2D eigenvalue weighted by Crippen LogP contribution is 2.26. The zero-order valence-corrected chi connectivity index (χ0v) is 11.6. The Bertz CT molecular complexity index is 628. The first kappa shape index (κ1) is 14.2. The van der Waals surface area contributed by atoms with Crippen molar-refractivity contribution in [3.63, 3.8) is 0 Å². The molecule has 0 bridgehead atoms. The highest BCUT2D eigenvalue weighted by atomic mass is 35.5. The summed E-state index contributed by atoms with van der Waals surface area (Å²) >= 11 is 5.86. The van der Waals surface area contributed by atoms with Crippen molar-refractivity contribution in [2.75, 3.05) is 7.11 Å². The van der Waals surface area contributed by atoms with Crippen LogP contribution in [0.1, 0.15) is 11.1 Å². The minimum absolute atomic E-state index is 0.609. The van der Waals surface area contributed by atoms with Gasteiger partial charge in [0, 0.05) is 11.1 Å². The molecule has 2 rings (SSSR count). The molecule has 0 atom stereocenters. The average Bonchev–Trinajstić information content (AvgIpc) is 2.46. The summed E-state index contributed by atoms with van der Waals surface area (Å²) in [5.74, 6) is -0.273. The van der Waals surface area contributed by atoms with E-state index in [1.807, 2.05) is 12.1 Å². The van der Waals surface area contributed by atoms with Crippen molar-refractivity contribution in [1.29, 1.82) is 0 Å². The molecule has 4 heteroatoms. The van der Waals surface area contributed by atoms with E-state index in [1.165, 1.54) is 6.08 Å². The van der Waals surface area contributed by atoms with Gasteiger partial charge in [0.05, 0.1) is 7.11 Å². The first-order chi connectivity index (χ1) is 9.60. The van der Waals surface area contributed by atoms with Gasteiger partial charge in [-0.1, -0.05) is 35.9 Å². The quantitative estimate of drug-likeness (QED) is 0.869. The van der Waals surface area contributed by atoms with Crippen LogP contribution in [-0.2, 0) is 4.79 Å². The van der Waals surface area contributed by atoms with E-state index < -0.39 is 5.97 Å². The van der Waals surface area contributed by atoms with E-state index in [4.69, 9.17) is 21.4 Å². The Balaban J connectivity index is 2.47. The molecule has 0 aliphatic heterocycles. The maximum Gasteiger partial charge on any atom is 0.328 e. The highest BCUT2D eigenvalue weighted by molar-refractivity contribution is 6.30. The van der Waals surface area contributed by atoms with Gasteiger partial charge < -0.3 is 9.84 Å². The van der Waals surface area contributed by atoms with Crippen molar-refractivity contribution in [2.45, 2.75) is 0 Å². The van der Waals surface area contributed by atoms with Gasteiger partial charge in [-0.25, -0.2) is 4.79 Å². The average molecular weight is 289 g/mol. The molecule has 0 aliphatic rings. The van der Waals surface area contributed by atoms with Gasteiger partial charge in [0.25, 0.3) is 0 Å². The van der Waals surface area contributed by atoms with Crippen LogP contribution in [0, 0.1) is 0 Å². The molecule has 0 saturated heterocycles. The largest absolute Gasteiger partial charge is 0.497 e. The molecule has 0 aliphatic carbocycles. The van der Waals surface area contributed by atoms with Crippen molar-refractivity contribution in [3.8, 4) is 5.75 Å². The molecule has 20 heavy (non-hydrogen) atoms. The summed E-state index contributed by atoms with van der Waals surface area (Å²) < 4.78 is 5.10.